The molecule has 106 valence electrons. The van der Waals surface area contributed by atoms with E-state index in [0.717, 1.165) is 11.5 Å². The van der Waals surface area contributed by atoms with Gasteiger partial charge in [0.05, 0.1) is 0 Å². The molecule has 0 radical (unpaired) electrons. The summed E-state index contributed by atoms with van der Waals surface area (Å²) in [6, 6.07) is 23.0. The first kappa shape index (κ1) is 13.3. The average molecular weight is 350 g/mol. The van der Waals surface area contributed by atoms with Gasteiger partial charge in [0.25, 0.3) is 0 Å². The molecule has 0 aliphatic heterocycles. The number of hydrogen-bond acceptors (Lipinski definition) is 2. The van der Waals surface area contributed by atoms with E-state index in [1.165, 1.54) is 14.4 Å². The zero-order valence-corrected chi connectivity index (χ0v) is 13.5. The number of benzene rings is 2. The van der Waals surface area contributed by atoms with Crippen LogP contribution >= 0.6 is 0 Å². The first-order valence-electron chi connectivity index (χ1n) is 7.02. The molecule has 0 unspecified atom stereocenters. The van der Waals surface area contributed by atoms with E-state index >= 15 is 0 Å². The molecule has 0 bridgehead atoms. The van der Waals surface area contributed by atoms with Gasteiger partial charge in [0, 0.05) is 0 Å². The van der Waals surface area contributed by atoms with Gasteiger partial charge in [-0.3, -0.25) is 0 Å². The van der Waals surface area contributed by atoms with Crippen molar-refractivity contribution in [2.45, 2.75) is 0 Å². The van der Waals surface area contributed by atoms with Crippen LogP contribution in [0.4, 0.5) is 0 Å². The van der Waals surface area contributed by atoms with Gasteiger partial charge in [-0.25, -0.2) is 0 Å². The molecule has 3 nitrogen and oxygen atoms in total. The monoisotopic (exact) mass is 351 g/mol. The zero-order chi connectivity index (χ0) is 14.8. The second kappa shape index (κ2) is 5.76. The first-order valence-corrected chi connectivity index (χ1v) is 8.74. The van der Waals surface area contributed by atoms with Gasteiger partial charge in [0.15, 0.2) is 0 Å². The SMILES string of the molecule is c1ccc([Se]c2cc3ccccc3n2-c2ncccn2)cc1. The Bertz CT molecular complexity index is 901. The molecule has 2 heterocycles. The van der Waals surface area contributed by atoms with Crippen molar-refractivity contribution < 1.29 is 0 Å². The van der Waals surface area contributed by atoms with E-state index in [2.05, 4.69) is 75.2 Å². The van der Waals surface area contributed by atoms with E-state index in [1.54, 1.807) is 12.4 Å². The van der Waals surface area contributed by atoms with Gasteiger partial charge in [-0.15, -0.1) is 0 Å². The summed E-state index contributed by atoms with van der Waals surface area (Å²) in [6.07, 6.45) is 3.58. The molecule has 0 N–H and O–H groups in total. The Hall–Kier alpha value is -2.42. The van der Waals surface area contributed by atoms with E-state index in [-0.39, 0.29) is 15.0 Å². The fourth-order valence-electron chi connectivity index (χ4n) is 2.43. The molecule has 0 spiro atoms. The molecule has 0 fully saturated rings. The van der Waals surface area contributed by atoms with Gasteiger partial charge in [-0.1, -0.05) is 0 Å². The summed E-state index contributed by atoms with van der Waals surface area (Å²) in [5.74, 6) is 0.733. The Kier molecular flexibility index (Phi) is 3.47. The van der Waals surface area contributed by atoms with Gasteiger partial charge in [-0.2, -0.15) is 0 Å². The summed E-state index contributed by atoms with van der Waals surface area (Å²) in [6.45, 7) is 0. The zero-order valence-electron chi connectivity index (χ0n) is 11.8. The molecule has 0 amide bonds. The molecule has 4 aromatic rings. The van der Waals surface area contributed by atoms with Crippen molar-refractivity contribution in [2.75, 3.05) is 0 Å². The van der Waals surface area contributed by atoms with Crippen LogP contribution in [0.2, 0.25) is 0 Å². The van der Waals surface area contributed by atoms with Crippen LogP contribution in [-0.2, 0) is 0 Å². The molecule has 4 heteroatoms. The van der Waals surface area contributed by atoms with Crippen molar-refractivity contribution in [3.05, 3.63) is 79.1 Å². The normalized spacial score (nSPS) is 10.9. The number of hydrogen-bond donors (Lipinski definition) is 0. The number of para-hydroxylation sites is 1. The van der Waals surface area contributed by atoms with Crippen molar-refractivity contribution in [1.29, 1.82) is 0 Å². The van der Waals surface area contributed by atoms with E-state index in [9.17, 15) is 0 Å². The maximum atomic E-state index is 4.44. The fraction of sp³-hybridized carbons (Fsp3) is 0. The minimum atomic E-state index is 0.208. The van der Waals surface area contributed by atoms with E-state index in [4.69, 9.17) is 0 Å². The van der Waals surface area contributed by atoms with Gasteiger partial charge in [0.1, 0.15) is 0 Å². The molecular weight excluding hydrogens is 337 g/mol. The summed E-state index contributed by atoms with van der Waals surface area (Å²) in [5, 5.41) is 1.22. The quantitative estimate of drug-likeness (QED) is 0.530. The van der Waals surface area contributed by atoms with Crippen molar-refractivity contribution in [3.8, 4) is 5.95 Å². The van der Waals surface area contributed by atoms with E-state index in [1.807, 2.05) is 6.07 Å². The third-order valence-electron chi connectivity index (χ3n) is 3.39. The van der Waals surface area contributed by atoms with Crippen molar-refractivity contribution in [3.63, 3.8) is 0 Å². The summed E-state index contributed by atoms with van der Waals surface area (Å²) < 4.78 is 4.77. The number of aromatic nitrogens is 3. The second-order valence-electron chi connectivity index (χ2n) is 4.84. The Labute approximate surface area is 134 Å². The van der Waals surface area contributed by atoms with Crippen LogP contribution < -0.4 is 9.05 Å². The first-order chi connectivity index (χ1) is 10.9. The van der Waals surface area contributed by atoms with Gasteiger partial charge >= 0.3 is 135 Å². The minimum absolute atomic E-state index is 0.208. The third kappa shape index (κ3) is 2.43. The maximum absolute atomic E-state index is 4.44. The summed E-state index contributed by atoms with van der Waals surface area (Å²) in [5.41, 5.74) is 1.15. The van der Waals surface area contributed by atoms with Crippen molar-refractivity contribution in [1.82, 2.24) is 14.5 Å². The Balaban J connectivity index is 1.90. The molecule has 22 heavy (non-hydrogen) atoms. The predicted molar refractivity (Wildman–Crippen MR) is 90.3 cm³/mol. The summed E-state index contributed by atoms with van der Waals surface area (Å²) in [4.78, 5) is 8.87. The van der Waals surface area contributed by atoms with Crippen molar-refractivity contribution >= 4 is 34.9 Å². The number of rotatable bonds is 3. The third-order valence-corrected chi connectivity index (χ3v) is 5.53. The Morgan fingerprint density at radius 3 is 2.32 bits per heavy atom. The van der Waals surface area contributed by atoms with Crippen LogP contribution in [0.5, 0.6) is 0 Å². The average Bonchev–Trinajstić information content (AvgIpc) is 2.94. The van der Waals surface area contributed by atoms with E-state index in [0.29, 0.717) is 0 Å². The molecule has 4 rings (SSSR count). The molecule has 0 atom stereocenters. The number of fused-ring (bicyclic) bond motifs is 1. The molecule has 2 aromatic carbocycles. The van der Waals surface area contributed by atoms with Gasteiger partial charge in [-0.05, 0) is 0 Å². The molecule has 0 saturated carbocycles. The molecule has 2 aromatic heterocycles. The second-order valence-corrected chi connectivity index (χ2v) is 7.14. The molecule has 0 saturated heterocycles. The van der Waals surface area contributed by atoms with Crippen LogP contribution in [0.1, 0.15) is 0 Å². The van der Waals surface area contributed by atoms with Crippen LogP contribution in [-0.4, -0.2) is 29.5 Å². The number of nitrogens with zero attached hydrogens (tertiary/aromatic N) is 3. The standard InChI is InChI=1S/C18H13N3Se/c1-2-8-15(9-3-1)22-17-13-14-7-4-5-10-16(14)21(17)18-19-11-6-12-20-18/h1-13H. The summed E-state index contributed by atoms with van der Waals surface area (Å²) >= 11 is 0.208. The summed E-state index contributed by atoms with van der Waals surface area (Å²) in [7, 11) is 0. The Morgan fingerprint density at radius 2 is 1.50 bits per heavy atom. The van der Waals surface area contributed by atoms with E-state index < -0.39 is 0 Å². The molecular formula is C18H13N3Se. The van der Waals surface area contributed by atoms with Crippen LogP contribution in [0.25, 0.3) is 16.9 Å². The fourth-order valence-corrected chi connectivity index (χ4v) is 4.51. The van der Waals surface area contributed by atoms with Gasteiger partial charge in [0.2, 0.25) is 0 Å². The molecule has 0 aliphatic carbocycles. The van der Waals surface area contributed by atoms with Gasteiger partial charge < -0.3 is 0 Å². The predicted octanol–water partition coefficient (Wildman–Crippen LogP) is 2.08. The topological polar surface area (TPSA) is 30.7 Å². The Morgan fingerprint density at radius 1 is 0.773 bits per heavy atom. The van der Waals surface area contributed by atoms with Crippen LogP contribution in [0, 0.1) is 0 Å². The van der Waals surface area contributed by atoms with Crippen molar-refractivity contribution in [2.24, 2.45) is 0 Å². The van der Waals surface area contributed by atoms with Crippen LogP contribution in [0.3, 0.4) is 0 Å². The molecule has 0 aliphatic rings. The van der Waals surface area contributed by atoms with Crippen LogP contribution in [0.15, 0.2) is 79.1 Å².